The third kappa shape index (κ3) is 4.31. The molecule has 108 valence electrons. The first-order valence-electron chi connectivity index (χ1n) is 7.10. The van der Waals surface area contributed by atoms with Crippen LogP contribution in [0.5, 0.6) is 0 Å². The van der Waals surface area contributed by atoms with E-state index in [9.17, 15) is 0 Å². The fraction of sp³-hybridized carbons (Fsp3) is 0.562. The third-order valence-corrected chi connectivity index (χ3v) is 4.23. The van der Waals surface area contributed by atoms with E-state index in [1.165, 1.54) is 32.4 Å². The van der Waals surface area contributed by atoms with E-state index in [0.29, 0.717) is 0 Å². The van der Waals surface area contributed by atoms with Gasteiger partial charge in [-0.3, -0.25) is 9.88 Å². The van der Waals surface area contributed by atoms with Gasteiger partial charge in [0.1, 0.15) is 0 Å². The van der Waals surface area contributed by atoms with Crippen LogP contribution in [-0.2, 0) is 4.74 Å². The minimum atomic E-state index is -0.0141. The lowest BCUT2D eigenvalue weighted by atomic mass is 10.1. The quantitative estimate of drug-likeness (QED) is 0.791. The molecule has 1 aliphatic heterocycles. The van der Waals surface area contributed by atoms with Crippen LogP contribution in [0.15, 0.2) is 16.7 Å². The lowest BCUT2D eigenvalue weighted by Gasteiger charge is -2.23. The number of halogens is 1. The van der Waals surface area contributed by atoms with Crippen molar-refractivity contribution in [1.82, 2.24) is 9.88 Å². The molecule has 1 fully saturated rings. The van der Waals surface area contributed by atoms with E-state index in [0.717, 1.165) is 22.3 Å². The van der Waals surface area contributed by atoms with Crippen molar-refractivity contribution in [1.29, 1.82) is 0 Å². The molecule has 1 saturated heterocycles. The van der Waals surface area contributed by atoms with Gasteiger partial charge < -0.3 is 4.74 Å². The standard InChI is InChI=1S/C16H21BrN2O/c1-13(20-2)16-15(17)11-14(12-18-16)7-6-10-19-8-4-3-5-9-19/h11-13H,3-5,8-10H2,1-2H3/t13-/m0/s1. The molecule has 0 spiro atoms. The average molecular weight is 337 g/mol. The first kappa shape index (κ1) is 15.5. The van der Waals surface area contributed by atoms with Gasteiger partial charge in [-0.1, -0.05) is 18.3 Å². The lowest BCUT2D eigenvalue weighted by molar-refractivity contribution is 0.115. The van der Waals surface area contributed by atoms with E-state index in [1.54, 1.807) is 7.11 Å². The number of nitrogens with zero attached hydrogens (tertiary/aromatic N) is 2. The van der Waals surface area contributed by atoms with Crippen LogP contribution in [0.2, 0.25) is 0 Å². The zero-order valence-electron chi connectivity index (χ0n) is 12.2. The van der Waals surface area contributed by atoms with Crippen molar-refractivity contribution in [3.63, 3.8) is 0 Å². The molecule has 20 heavy (non-hydrogen) atoms. The molecule has 0 N–H and O–H groups in total. The van der Waals surface area contributed by atoms with Gasteiger partial charge in [0, 0.05) is 23.3 Å². The zero-order valence-corrected chi connectivity index (χ0v) is 13.7. The Balaban J connectivity index is 1.98. The van der Waals surface area contributed by atoms with Gasteiger partial charge in [0.05, 0.1) is 18.3 Å². The van der Waals surface area contributed by atoms with Crippen LogP contribution in [0.4, 0.5) is 0 Å². The summed E-state index contributed by atoms with van der Waals surface area (Å²) in [6.45, 7) is 5.20. The molecular weight excluding hydrogens is 316 g/mol. The summed E-state index contributed by atoms with van der Waals surface area (Å²) in [4.78, 5) is 6.84. The monoisotopic (exact) mass is 336 g/mol. The number of hydrogen-bond acceptors (Lipinski definition) is 3. The van der Waals surface area contributed by atoms with Gasteiger partial charge >= 0.3 is 0 Å². The smallest absolute Gasteiger partial charge is 0.0974 e. The maximum absolute atomic E-state index is 5.28. The topological polar surface area (TPSA) is 25.4 Å². The number of methoxy groups -OCH3 is 1. The Morgan fingerprint density at radius 2 is 2.15 bits per heavy atom. The molecule has 0 aromatic carbocycles. The molecule has 4 heteroatoms. The maximum atomic E-state index is 5.28. The number of ether oxygens (including phenoxy) is 1. The molecule has 1 aromatic rings. The number of hydrogen-bond donors (Lipinski definition) is 0. The van der Waals surface area contributed by atoms with Crippen LogP contribution in [0.3, 0.4) is 0 Å². The number of rotatable bonds is 3. The van der Waals surface area contributed by atoms with Crippen molar-refractivity contribution in [3.8, 4) is 11.8 Å². The average Bonchev–Trinajstić information content (AvgIpc) is 2.48. The second-order valence-electron chi connectivity index (χ2n) is 5.11. The summed E-state index contributed by atoms with van der Waals surface area (Å²) >= 11 is 3.54. The first-order valence-corrected chi connectivity index (χ1v) is 7.89. The van der Waals surface area contributed by atoms with Crippen LogP contribution in [0.1, 0.15) is 43.5 Å². The predicted molar refractivity (Wildman–Crippen MR) is 84.5 cm³/mol. The number of likely N-dealkylation sites (tertiary alicyclic amines) is 1. The van der Waals surface area contributed by atoms with E-state index in [-0.39, 0.29) is 6.10 Å². The summed E-state index contributed by atoms with van der Waals surface area (Å²) in [6.07, 6.45) is 5.77. The molecular formula is C16H21BrN2O. The van der Waals surface area contributed by atoms with Gasteiger partial charge in [-0.2, -0.15) is 0 Å². The van der Waals surface area contributed by atoms with Gasteiger partial charge in [-0.15, -0.1) is 0 Å². The van der Waals surface area contributed by atoms with Crippen LogP contribution in [0, 0.1) is 11.8 Å². The molecule has 0 aliphatic carbocycles. The van der Waals surface area contributed by atoms with Crippen molar-refractivity contribution in [2.75, 3.05) is 26.7 Å². The fourth-order valence-corrected chi connectivity index (χ4v) is 2.97. The third-order valence-electron chi connectivity index (χ3n) is 3.59. The van der Waals surface area contributed by atoms with Crippen LogP contribution in [0.25, 0.3) is 0 Å². The summed E-state index contributed by atoms with van der Waals surface area (Å²) in [7, 11) is 1.69. The summed E-state index contributed by atoms with van der Waals surface area (Å²) in [5.41, 5.74) is 1.86. The fourth-order valence-electron chi connectivity index (χ4n) is 2.30. The van der Waals surface area contributed by atoms with E-state index in [1.807, 2.05) is 19.2 Å². The number of aromatic nitrogens is 1. The Hall–Kier alpha value is -0.890. The van der Waals surface area contributed by atoms with E-state index < -0.39 is 0 Å². The molecule has 1 aliphatic rings. The van der Waals surface area contributed by atoms with Crippen molar-refractivity contribution in [2.24, 2.45) is 0 Å². The number of piperidine rings is 1. The Labute approximate surface area is 129 Å². The SMILES string of the molecule is CO[C@@H](C)c1ncc(C#CCN2CCCCC2)cc1Br. The largest absolute Gasteiger partial charge is 0.375 e. The highest BCUT2D eigenvalue weighted by Gasteiger charge is 2.10. The molecule has 0 bridgehead atoms. The minimum Gasteiger partial charge on any atom is -0.375 e. The maximum Gasteiger partial charge on any atom is 0.0974 e. The number of pyridine rings is 1. The molecule has 2 heterocycles. The highest BCUT2D eigenvalue weighted by atomic mass is 79.9. The van der Waals surface area contributed by atoms with Gasteiger partial charge in [0.25, 0.3) is 0 Å². The van der Waals surface area contributed by atoms with Crippen molar-refractivity contribution >= 4 is 15.9 Å². The van der Waals surface area contributed by atoms with Crippen molar-refractivity contribution in [3.05, 3.63) is 28.0 Å². The second kappa shape index (κ2) is 7.78. The Morgan fingerprint density at radius 1 is 1.40 bits per heavy atom. The van der Waals surface area contributed by atoms with E-state index in [4.69, 9.17) is 4.74 Å². The molecule has 0 unspecified atom stereocenters. The predicted octanol–water partition coefficient (Wildman–Crippen LogP) is 3.39. The van der Waals surface area contributed by atoms with Gasteiger partial charge in [-0.05, 0) is 54.9 Å². The normalized spacial score (nSPS) is 17.4. The molecule has 2 rings (SSSR count). The molecule has 3 nitrogen and oxygen atoms in total. The molecule has 0 saturated carbocycles. The molecule has 1 aromatic heterocycles. The summed E-state index contributed by atoms with van der Waals surface area (Å²) < 4.78 is 6.24. The highest BCUT2D eigenvalue weighted by Crippen LogP contribution is 2.23. The summed E-state index contributed by atoms with van der Waals surface area (Å²) in [5, 5.41) is 0. The molecule has 1 atom stereocenters. The molecule has 0 radical (unpaired) electrons. The van der Waals surface area contributed by atoms with Gasteiger partial charge in [-0.25, -0.2) is 0 Å². The van der Waals surface area contributed by atoms with E-state index in [2.05, 4.69) is 37.7 Å². The summed E-state index contributed by atoms with van der Waals surface area (Å²) in [6, 6.07) is 2.01. The lowest BCUT2D eigenvalue weighted by Crippen LogP contribution is -2.29. The van der Waals surface area contributed by atoms with Crippen LogP contribution in [-0.4, -0.2) is 36.6 Å². The Kier molecular flexibility index (Phi) is 6.03. The van der Waals surface area contributed by atoms with Crippen molar-refractivity contribution < 1.29 is 4.74 Å². The minimum absolute atomic E-state index is 0.0141. The first-order chi connectivity index (χ1) is 9.70. The van der Waals surface area contributed by atoms with Gasteiger partial charge in [0.2, 0.25) is 0 Å². The molecule has 0 amide bonds. The van der Waals surface area contributed by atoms with Gasteiger partial charge in [0.15, 0.2) is 0 Å². The van der Waals surface area contributed by atoms with Crippen molar-refractivity contribution in [2.45, 2.75) is 32.3 Å². The summed E-state index contributed by atoms with van der Waals surface area (Å²) in [5.74, 6) is 6.44. The Morgan fingerprint density at radius 3 is 2.80 bits per heavy atom. The zero-order chi connectivity index (χ0) is 14.4. The highest BCUT2D eigenvalue weighted by molar-refractivity contribution is 9.10. The van der Waals surface area contributed by atoms with Crippen LogP contribution < -0.4 is 0 Å². The van der Waals surface area contributed by atoms with Crippen LogP contribution >= 0.6 is 15.9 Å². The van der Waals surface area contributed by atoms with E-state index >= 15 is 0 Å². The Bertz CT molecular complexity index is 501. The second-order valence-corrected chi connectivity index (χ2v) is 5.96.